The van der Waals surface area contributed by atoms with E-state index in [4.69, 9.17) is 0 Å². The van der Waals surface area contributed by atoms with Gasteiger partial charge in [-0.05, 0) is 30.0 Å². The molecule has 1 saturated heterocycles. The second kappa shape index (κ2) is 7.81. The maximum absolute atomic E-state index is 12.5. The zero-order valence-corrected chi connectivity index (χ0v) is 15.5. The number of thioether (sulfide) groups is 2. The lowest BCUT2D eigenvalue weighted by Crippen LogP contribution is -2.31. The van der Waals surface area contributed by atoms with E-state index < -0.39 is 0 Å². The first-order valence-electron chi connectivity index (χ1n) is 7.20. The Bertz CT molecular complexity index is 613. The number of rotatable bonds is 6. The van der Waals surface area contributed by atoms with Crippen LogP contribution in [-0.4, -0.2) is 39.1 Å². The van der Waals surface area contributed by atoms with Gasteiger partial charge in [-0.25, -0.2) is 0 Å². The molecule has 0 radical (unpaired) electrons. The number of thiophene rings is 1. The zero-order valence-electron chi connectivity index (χ0n) is 12.2. The van der Waals surface area contributed by atoms with E-state index in [0.29, 0.717) is 5.75 Å². The van der Waals surface area contributed by atoms with E-state index >= 15 is 0 Å². The number of amides is 1. The van der Waals surface area contributed by atoms with Crippen LogP contribution in [0.2, 0.25) is 0 Å². The largest absolute Gasteiger partial charge is 0.334 e. The third-order valence-corrected chi connectivity index (χ3v) is 7.45. The Kier molecular flexibility index (Phi) is 5.78. The van der Waals surface area contributed by atoms with Crippen LogP contribution in [0.1, 0.15) is 30.7 Å². The number of likely N-dealkylation sites (tertiary alicyclic amines) is 1. The molecule has 118 valence electrons. The zero-order chi connectivity index (χ0) is 15.4. The summed E-state index contributed by atoms with van der Waals surface area (Å²) in [5.74, 6) is 1.66. The molecule has 1 atom stereocenters. The molecular formula is C14H17N3OS4. The van der Waals surface area contributed by atoms with Crippen molar-refractivity contribution >= 4 is 52.1 Å². The van der Waals surface area contributed by atoms with Crippen LogP contribution >= 0.6 is 46.2 Å². The Morgan fingerprint density at radius 3 is 2.95 bits per heavy atom. The van der Waals surface area contributed by atoms with Crippen LogP contribution < -0.4 is 0 Å². The van der Waals surface area contributed by atoms with Gasteiger partial charge in [0.05, 0.1) is 11.8 Å². The maximum Gasteiger partial charge on any atom is 0.233 e. The molecule has 1 unspecified atom stereocenters. The monoisotopic (exact) mass is 371 g/mol. The lowest BCUT2D eigenvalue weighted by Gasteiger charge is -2.23. The van der Waals surface area contributed by atoms with Gasteiger partial charge in [-0.3, -0.25) is 4.79 Å². The summed E-state index contributed by atoms with van der Waals surface area (Å²) >= 11 is 6.51. The van der Waals surface area contributed by atoms with Crippen molar-refractivity contribution in [2.45, 2.75) is 34.5 Å². The quantitative estimate of drug-likeness (QED) is 0.713. The highest BCUT2D eigenvalue weighted by Gasteiger charge is 2.30. The molecule has 1 aliphatic heterocycles. The van der Waals surface area contributed by atoms with Crippen molar-refractivity contribution < 1.29 is 4.79 Å². The summed E-state index contributed by atoms with van der Waals surface area (Å²) in [5.41, 5.74) is 0. The van der Waals surface area contributed by atoms with Gasteiger partial charge in [0.15, 0.2) is 8.68 Å². The predicted molar refractivity (Wildman–Crippen MR) is 95.0 cm³/mol. The van der Waals surface area contributed by atoms with Crippen LogP contribution in [0.4, 0.5) is 0 Å². The van der Waals surface area contributed by atoms with Crippen LogP contribution in [0.15, 0.2) is 26.2 Å². The van der Waals surface area contributed by atoms with E-state index in [1.807, 2.05) is 4.90 Å². The van der Waals surface area contributed by atoms with Crippen molar-refractivity contribution in [1.82, 2.24) is 15.1 Å². The Labute approximate surface area is 146 Å². The molecule has 0 aromatic carbocycles. The molecule has 0 saturated carbocycles. The molecule has 0 bridgehead atoms. The van der Waals surface area contributed by atoms with Gasteiger partial charge in [0.1, 0.15) is 0 Å². The second-order valence-electron chi connectivity index (χ2n) is 4.82. The van der Waals surface area contributed by atoms with E-state index in [0.717, 1.165) is 33.8 Å². The van der Waals surface area contributed by atoms with Crippen LogP contribution in [0, 0.1) is 0 Å². The highest BCUT2D eigenvalue weighted by atomic mass is 32.2. The summed E-state index contributed by atoms with van der Waals surface area (Å²) in [5, 5.41) is 10.4. The fourth-order valence-electron chi connectivity index (χ4n) is 2.49. The van der Waals surface area contributed by atoms with Crippen LogP contribution in [-0.2, 0) is 4.79 Å². The molecular weight excluding hydrogens is 354 g/mol. The molecule has 0 spiro atoms. The topological polar surface area (TPSA) is 46.1 Å². The first-order chi connectivity index (χ1) is 10.8. The van der Waals surface area contributed by atoms with E-state index in [9.17, 15) is 4.79 Å². The molecule has 3 rings (SSSR count). The van der Waals surface area contributed by atoms with Gasteiger partial charge in [-0.2, -0.15) is 0 Å². The lowest BCUT2D eigenvalue weighted by atomic mass is 10.2. The maximum atomic E-state index is 12.5. The van der Waals surface area contributed by atoms with Gasteiger partial charge in [-0.15, -0.1) is 21.5 Å². The molecule has 8 heteroatoms. The molecule has 0 N–H and O–H groups in total. The lowest BCUT2D eigenvalue weighted by molar-refractivity contribution is -0.129. The van der Waals surface area contributed by atoms with Crippen molar-refractivity contribution in [3.8, 4) is 0 Å². The minimum atomic E-state index is 0.209. The molecule has 2 aromatic rings. The molecule has 1 amide bonds. The number of nitrogens with zero attached hydrogens (tertiary/aromatic N) is 3. The summed E-state index contributed by atoms with van der Waals surface area (Å²) in [6.07, 6.45) is 2.17. The van der Waals surface area contributed by atoms with E-state index in [1.54, 1.807) is 34.4 Å². The van der Waals surface area contributed by atoms with Crippen LogP contribution in [0.5, 0.6) is 0 Å². The summed E-state index contributed by atoms with van der Waals surface area (Å²) < 4.78 is 1.87. The van der Waals surface area contributed by atoms with Crippen molar-refractivity contribution in [3.05, 3.63) is 22.4 Å². The van der Waals surface area contributed by atoms with Crippen molar-refractivity contribution in [3.63, 3.8) is 0 Å². The minimum absolute atomic E-state index is 0.209. The fraction of sp³-hybridized carbons (Fsp3) is 0.500. The average molecular weight is 372 g/mol. The minimum Gasteiger partial charge on any atom is -0.334 e. The van der Waals surface area contributed by atoms with Gasteiger partial charge < -0.3 is 4.90 Å². The highest BCUT2D eigenvalue weighted by Crippen LogP contribution is 2.35. The number of carbonyl (C=O) groups is 1. The van der Waals surface area contributed by atoms with E-state index in [2.05, 4.69) is 34.6 Å². The molecule has 1 aliphatic rings. The van der Waals surface area contributed by atoms with Gasteiger partial charge in [0, 0.05) is 11.4 Å². The third kappa shape index (κ3) is 3.84. The molecule has 2 aromatic heterocycles. The number of carbonyl (C=O) groups excluding carboxylic acids is 1. The molecule has 3 heterocycles. The normalized spacial score (nSPS) is 18.0. The van der Waals surface area contributed by atoms with Crippen molar-refractivity contribution in [2.24, 2.45) is 0 Å². The molecule has 4 nitrogen and oxygen atoms in total. The first-order valence-corrected chi connectivity index (χ1v) is 10.9. The van der Waals surface area contributed by atoms with E-state index in [-0.39, 0.29) is 11.9 Å². The van der Waals surface area contributed by atoms with Crippen LogP contribution in [0.3, 0.4) is 0 Å². The predicted octanol–water partition coefficient (Wildman–Crippen LogP) is 4.17. The van der Waals surface area contributed by atoms with Gasteiger partial charge in [0.25, 0.3) is 0 Å². The molecule has 1 fully saturated rings. The van der Waals surface area contributed by atoms with E-state index in [1.165, 1.54) is 16.6 Å². The van der Waals surface area contributed by atoms with Crippen molar-refractivity contribution in [1.29, 1.82) is 0 Å². The number of hydrogen-bond acceptors (Lipinski definition) is 7. The third-order valence-electron chi connectivity index (χ3n) is 3.42. The second-order valence-corrected chi connectivity index (χ2v) is 9.51. The van der Waals surface area contributed by atoms with Gasteiger partial charge in [-0.1, -0.05) is 47.9 Å². The van der Waals surface area contributed by atoms with Crippen LogP contribution in [0.25, 0.3) is 0 Å². The summed E-state index contributed by atoms with van der Waals surface area (Å²) in [6.45, 7) is 2.97. The summed E-state index contributed by atoms with van der Waals surface area (Å²) in [6, 6.07) is 4.46. The SMILES string of the molecule is CCSc1nnc(SCC(=O)N2CCCC2c2cccs2)s1. The average Bonchev–Trinajstić information content (AvgIpc) is 3.25. The highest BCUT2D eigenvalue weighted by molar-refractivity contribution is 8.03. The summed E-state index contributed by atoms with van der Waals surface area (Å²) in [4.78, 5) is 15.8. The Morgan fingerprint density at radius 2 is 2.23 bits per heavy atom. The molecule has 0 aliphatic carbocycles. The standard InChI is InChI=1S/C14H17N3OS4/c1-2-19-13-15-16-14(22-13)21-9-12(18)17-7-3-5-10(17)11-6-4-8-20-11/h4,6,8,10H,2-3,5,7,9H2,1H3. The van der Waals surface area contributed by atoms with Gasteiger partial charge in [0.2, 0.25) is 5.91 Å². The fourth-order valence-corrected chi connectivity index (χ4v) is 6.16. The molecule has 22 heavy (non-hydrogen) atoms. The first kappa shape index (κ1) is 16.3. The Morgan fingerprint density at radius 1 is 1.41 bits per heavy atom. The number of aromatic nitrogens is 2. The van der Waals surface area contributed by atoms with Crippen molar-refractivity contribution in [2.75, 3.05) is 18.1 Å². The summed E-state index contributed by atoms with van der Waals surface area (Å²) in [7, 11) is 0. The Hall–Kier alpha value is -0.570. The smallest absolute Gasteiger partial charge is 0.233 e. The number of hydrogen-bond donors (Lipinski definition) is 0. The van der Waals surface area contributed by atoms with Gasteiger partial charge >= 0.3 is 0 Å². The Balaban J connectivity index is 1.56.